The van der Waals surface area contributed by atoms with Gasteiger partial charge in [0.15, 0.2) is 0 Å². The number of rotatable bonds is 8. The zero-order valence-electron chi connectivity index (χ0n) is 13.8. The van der Waals surface area contributed by atoms with Gasteiger partial charge in [-0.25, -0.2) is 0 Å². The Bertz CT molecular complexity index is 263. The molecule has 0 aromatic carbocycles. The Balaban J connectivity index is 2.41. The van der Waals surface area contributed by atoms with E-state index < -0.39 is 0 Å². The molecule has 1 unspecified atom stereocenters. The van der Waals surface area contributed by atoms with Crippen LogP contribution in [0, 0.1) is 5.41 Å². The summed E-state index contributed by atoms with van der Waals surface area (Å²) >= 11 is 0. The highest BCUT2D eigenvalue weighted by atomic mass is 16.5. The van der Waals surface area contributed by atoms with E-state index in [0.717, 1.165) is 13.0 Å². The predicted molar refractivity (Wildman–Crippen MR) is 80.6 cm³/mol. The van der Waals surface area contributed by atoms with Gasteiger partial charge in [-0.15, -0.1) is 0 Å². The molecule has 0 bridgehead atoms. The van der Waals surface area contributed by atoms with Gasteiger partial charge < -0.3 is 9.47 Å². The number of likely N-dealkylation sites (tertiary alicyclic amines) is 1. The number of methoxy groups -OCH3 is 2. The van der Waals surface area contributed by atoms with Crippen molar-refractivity contribution in [3.8, 4) is 0 Å². The van der Waals surface area contributed by atoms with Gasteiger partial charge >= 0.3 is 0 Å². The van der Waals surface area contributed by atoms with Crippen LogP contribution in [0.25, 0.3) is 0 Å². The second kappa shape index (κ2) is 7.05. The first kappa shape index (κ1) is 16.9. The molecule has 3 nitrogen and oxygen atoms in total. The van der Waals surface area contributed by atoms with Gasteiger partial charge in [-0.05, 0) is 58.0 Å². The lowest BCUT2D eigenvalue weighted by atomic mass is 9.79. The van der Waals surface area contributed by atoms with Crippen LogP contribution in [0.4, 0.5) is 0 Å². The smallest absolute Gasteiger partial charge is 0.0627 e. The molecule has 1 aliphatic rings. The van der Waals surface area contributed by atoms with Crippen LogP contribution < -0.4 is 0 Å². The molecule has 1 fully saturated rings. The summed E-state index contributed by atoms with van der Waals surface area (Å²) in [5.74, 6) is 0. The minimum Gasteiger partial charge on any atom is -0.383 e. The number of nitrogens with zero attached hydrogens (tertiary/aromatic N) is 1. The third-order valence-corrected chi connectivity index (χ3v) is 4.39. The van der Waals surface area contributed by atoms with Crippen molar-refractivity contribution >= 4 is 0 Å². The van der Waals surface area contributed by atoms with Crippen molar-refractivity contribution < 1.29 is 9.47 Å². The SMILES string of the molecule is COCC1CCCN1CCC(C)(C)CC(C)(C)OC. The minimum absolute atomic E-state index is 0.0273. The Morgan fingerprint density at radius 3 is 2.42 bits per heavy atom. The number of hydrogen-bond acceptors (Lipinski definition) is 3. The Hall–Kier alpha value is -0.120. The molecule has 1 atom stereocenters. The van der Waals surface area contributed by atoms with Crippen LogP contribution in [0.2, 0.25) is 0 Å². The van der Waals surface area contributed by atoms with E-state index in [9.17, 15) is 0 Å². The van der Waals surface area contributed by atoms with Crippen molar-refractivity contribution in [3.05, 3.63) is 0 Å². The van der Waals surface area contributed by atoms with Crippen LogP contribution in [0.3, 0.4) is 0 Å². The van der Waals surface area contributed by atoms with Gasteiger partial charge in [0.05, 0.1) is 12.2 Å². The average Bonchev–Trinajstić information content (AvgIpc) is 2.73. The van der Waals surface area contributed by atoms with E-state index in [2.05, 4.69) is 32.6 Å². The highest BCUT2D eigenvalue weighted by Crippen LogP contribution is 2.33. The first-order valence-corrected chi connectivity index (χ1v) is 7.58. The lowest BCUT2D eigenvalue weighted by Gasteiger charge is -2.36. The molecule has 0 aromatic heterocycles. The van der Waals surface area contributed by atoms with Crippen molar-refractivity contribution in [2.24, 2.45) is 5.41 Å². The summed E-state index contributed by atoms with van der Waals surface area (Å²) in [5.41, 5.74) is 0.292. The van der Waals surface area contributed by atoms with Gasteiger partial charge in [-0.1, -0.05) is 13.8 Å². The normalized spacial score (nSPS) is 22.1. The molecule has 0 aliphatic carbocycles. The first-order chi connectivity index (χ1) is 8.79. The Morgan fingerprint density at radius 2 is 1.84 bits per heavy atom. The molecule has 114 valence electrons. The van der Waals surface area contributed by atoms with E-state index in [1.54, 1.807) is 0 Å². The molecule has 1 rings (SSSR count). The molecular formula is C16H33NO2. The predicted octanol–water partition coefficient (Wildman–Crippen LogP) is 3.33. The van der Waals surface area contributed by atoms with E-state index in [0.29, 0.717) is 11.5 Å². The topological polar surface area (TPSA) is 21.7 Å². The summed E-state index contributed by atoms with van der Waals surface area (Å²) in [7, 11) is 3.62. The zero-order chi connectivity index (χ0) is 14.5. The van der Waals surface area contributed by atoms with E-state index >= 15 is 0 Å². The van der Waals surface area contributed by atoms with Crippen molar-refractivity contribution in [3.63, 3.8) is 0 Å². The van der Waals surface area contributed by atoms with Crippen LogP contribution in [0.15, 0.2) is 0 Å². The summed E-state index contributed by atoms with van der Waals surface area (Å²) in [4.78, 5) is 2.60. The monoisotopic (exact) mass is 271 g/mol. The molecule has 1 heterocycles. The van der Waals surface area contributed by atoms with E-state index in [-0.39, 0.29) is 5.60 Å². The Kier molecular flexibility index (Phi) is 6.28. The van der Waals surface area contributed by atoms with Gasteiger partial charge in [0.25, 0.3) is 0 Å². The van der Waals surface area contributed by atoms with Crippen molar-refractivity contribution in [2.75, 3.05) is 33.9 Å². The molecule has 0 spiro atoms. The van der Waals surface area contributed by atoms with E-state index in [1.807, 2.05) is 14.2 Å². The first-order valence-electron chi connectivity index (χ1n) is 7.58. The Morgan fingerprint density at radius 1 is 1.16 bits per heavy atom. The van der Waals surface area contributed by atoms with Crippen molar-refractivity contribution in [1.82, 2.24) is 4.90 Å². The lowest BCUT2D eigenvalue weighted by Crippen LogP contribution is -2.37. The standard InChI is InChI=1S/C16H33NO2/c1-15(2,13-16(3,4)19-6)9-11-17-10-7-8-14(17)12-18-5/h14H,7-13H2,1-6H3. The molecule has 3 heteroatoms. The summed E-state index contributed by atoms with van der Waals surface area (Å²) in [5, 5.41) is 0. The summed E-state index contributed by atoms with van der Waals surface area (Å²) in [6, 6.07) is 0.635. The highest BCUT2D eigenvalue weighted by molar-refractivity contribution is 4.84. The molecular weight excluding hydrogens is 238 g/mol. The molecule has 1 saturated heterocycles. The van der Waals surface area contributed by atoms with Crippen LogP contribution >= 0.6 is 0 Å². The summed E-state index contributed by atoms with van der Waals surface area (Å²) in [6.45, 7) is 12.4. The maximum atomic E-state index is 5.57. The average molecular weight is 271 g/mol. The molecule has 0 radical (unpaired) electrons. The second-order valence-corrected chi connectivity index (χ2v) is 7.34. The van der Waals surface area contributed by atoms with Gasteiger partial charge in [0.1, 0.15) is 0 Å². The van der Waals surface area contributed by atoms with Crippen molar-refractivity contribution in [2.45, 2.75) is 65.0 Å². The van der Waals surface area contributed by atoms with Gasteiger partial charge in [0.2, 0.25) is 0 Å². The summed E-state index contributed by atoms with van der Waals surface area (Å²) in [6.07, 6.45) is 4.93. The quantitative estimate of drug-likeness (QED) is 0.676. The van der Waals surface area contributed by atoms with Gasteiger partial charge in [0, 0.05) is 20.3 Å². The molecule has 1 aliphatic heterocycles. The number of ether oxygens (including phenoxy) is 2. The van der Waals surface area contributed by atoms with Crippen LogP contribution in [-0.2, 0) is 9.47 Å². The molecule has 19 heavy (non-hydrogen) atoms. The third-order valence-electron chi connectivity index (χ3n) is 4.39. The van der Waals surface area contributed by atoms with E-state index in [1.165, 1.54) is 32.4 Å². The minimum atomic E-state index is -0.0273. The third kappa shape index (κ3) is 5.80. The van der Waals surface area contributed by atoms with E-state index in [4.69, 9.17) is 9.47 Å². The lowest BCUT2D eigenvalue weighted by molar-refractivity contribution is -0.0170. The molecule has 0 saturated carbocycles. The highest BCUT2D eigenvalue weighted by Gasteiger charge is 2.31. The van der Waals surface area contributed by atoms with Gasteiger partial charge in [-0.2, -0.15) is 0 Å². The van der Waals surface area contributed by atoms with Gasteiger partial charge in [-0.3, -0.25) is 4.90 Å². The fourth-order valence-electron chi connectivity index (χ4n) is 3.33. The molecule has 0 amide bonds. The Labute approximate surface area is 119 Å². The maximum Gasteiger partial charge on any atom is 0.0627 e. The fraction of sp³-hybridized carbons (Fsp3) is 1.00. The second-order valence-electron chi connectivity index (χ2n) is 7.34. The number of hydrogen-bond donors (Lipinski definition) is 0. The van der Waals surface area contributed by atoms with Crippen molar-refractivity contribution in [1.29, 1.82) is 0 Å². The fourth-order valence-corrected chi connectivity index (χ4v) is 3.33. The largest absolute Gasteiger partial charge is 0.383 e. The van der Waals surface area contributed by atoms with Crippen LogP contribution in [0.1, 0.15) is 53.4 Å². The molecule has 0 aromatic rings. The summed E-state index contributed by atoms with van der Waals surface area (Å²) < 4.78 is 10.9. The van der Waals surface area contributed by atoms with Crippen LogP contribution in [0.5, 0.6) is 0 Å². The molecule has 0 N–H and O–H groups in total. The zero-order valence-corrected chi connectivity index (χ0v) is 13.8. The van der Waals surface area contributed by atoms with Crippen LogP contribution in [-0.4, -0.2) is 50.5 Å². The maximum absolute atomic E-state index is 5.57.